The first kappa shape index (κ1) is 30.5. The minimum Gasteiger partial charge on any atom is -0.652 e. The van der Waals surface area contributed by atoms with Crippen LogP contribution < -0.4 is 20.4 Å². The number of hydrogen-bond acceptors (Lipinski definition) is 6. The molecule has 0 heterocycles. The molecule has 0 bridgehead atoms. The first-order chi connectivity index (χ1) is 3.46. The standard InChI is InChI=1S/2CH2O3.2Mg.H2O/c2*2-1(3)4;;;/h2*(H2,2,3,4);;;1H2/q;;2*+2;/p-4. The Balaban J connectivity index is -0.0000000171. The van der Waals surface area contributed by atoms with E-state index in [0.717, 1.165) is 0 Å². The minimum absolute atomic E-state index is 0. The molecular formula is C2H2Mg2O7. The Kier molecular flexibility index (Phi) is 62.4. The fraction of sp³-hybridized carbons (Fsp3) is 0. The van der Waals surface area contributed by atoms with Crippen LogP contribution in [0, 0.1) is 0 Å². The van der Waals surface area contributed by atoms with Crippen LogP contribution >= 0.6 is 0 Å². The molecule has 0 aliphatic heterocycles. The zero-order valence-corrected chi connectivity index (χ0v) is 8.19. The maximum atomic E-state index is 8.33. The molecule has 0 saturated carbocycles. The Morgan fingerprint density at radius 1 is 0.727 bits per heavy atom. The summed E-state index contributed by atoms with van der Waals surface area (Å²) in [5.41, 5.74) is 0. The smallest absolute Gasteiger partial charge is 0.652 e. The van der Waals surface area contributed by atoms with Gasteiger partial charge in [-0.3, -0.25) is 0 Å². The van der Waals surface area contributed by atoms with E-state index in [4.69, 9.17) is 30.0 Å². The van der Waals surface area contributed by atoms with Gasteiger partial charge in [0.1, 0.15) is 0 Å². The minimum atomic E-state index is -2.33. The van der Waals surface area contributed by atoms with Crippen molar-refractivity contribution in [1.29, 1.82) is 0 Å². The van der Waals surface area contributed by atoms with Gasteiger partial charge in [0.05, 0.1) is 0 Å². The van der Waals surface area contributed by atoms with Gasteiger partial charge in [0.2, 0.25) is 0 Å². The van der Waals surface area contributed by atoms with Gasteiger partial charge in [0, 0.05) is 0 Å². The third-order valence-corrected chi connectivity index (χ3v) is 0. The van der Waals surface area contributed by atoms with Crippen LogP contribution in [-0.4, -0.2) is 63.9 Å². The second-order valence-corrected chi connectivity index (χ2v) is 0.500. The number of hydrogen-bond donors (Lipinski definition) is 0. The first-order valence-corrected chi connectivity index (χ1v) is 1.22. The van der Waals surface area contributed by atoms with Gasteiger partial charge >= 0.3 is 46.1 Å². The molecule has 0 spiro atoms. The van der Waals surface area contributed by atoms with Crippen molar-refractivity contribution in [1.82, 2.24) is 0 Å². The van der Waals surface area contributed by atoms with Crippen molar-refractivity contribution in [2.24, 2.45) is 0 Å². The quantitative estimate of drug-likeness (QED) is 0.342. The molecule has 7 nitrogen and oxygen atoms in total. The van der Waals surface area contributed by atoms with Crippen LogP contribution in [0.25, 0.3) is 0 Å². The Morgan fingerprint density at radius 3 is 0.727 bits per heavy atom. The van der Waals surface area contributed by atoms with Crippen molar-refractivity contribution in [2.75, 3.05) is 0 Å². The van der Waals surface area contributed by atoms with Gasteiger partial charge in [-0.2, -0.15) is 0 Å². The Labute approximate surface area is 93.6 Å². The summed E-state index contributed by atoms with van der Waals surface area (Å²) in [4.78, 5) is 16.7. The maximum Gasteiger partial charge on any atom is 2.00 e. The van der Waals surface area contributed by atoms with Crippen molar-refractivity contribution in [3.63, 3.8) is 0 Å². The molecule has 0 fully saturated rings. The predicted octanol–water partition coefficient (Wildman–Crippen LogP) is -6.48. The van der Waals surface area contributed by atoms with Gasteiger partial charge in [0.25, 0.3) is 0 Å². The average Bonchev–Trinajstić information content (AvgIpc) is 1.25. The zero-order valence-electron chi connectivity index (χ0n) is 5.36. The first-order valence-electron chi connectivity index (χ1n) is 1.22. The molecule has 2 N–H and O–H groups in total. The van der Waals surface area contributed by atoms with Crippen molar-refractivity contribution >= 4 is 58.4 Å². The van der Waals surface area contributed by atoms with Crippen molar-refractivity contribution in [3.05, 3.63) is 0 Å². The molecule has 11 heavy (non-hydrogen) atoms. The van der Waals surface area contributed by atoms with E-state index in [9.17, 15) is 0 Å². The van der Waals surface area contributed by atoms with Crippen molar-refractivity contribution < 1.29 is 35.5 Å². The van der Waals surface area contributed by atoms with Crippen LogP contribution in [0.1, 0.15) is 0 Å². The van der Waals surface area contributed by atoms with Gasteiger partial charge in [-0.05, 0) is 12.3 Å². The molecular weight excluding hydrogens is 185 g/mol. The average molecular weight is 187 g/mol. The van der Waals surface area contributed by atoms with E-state index >= 15 is 0 Å². The van der Waals surface area contributed by atoms with Crippen molar-refractivity contribution in [2.45, 2.75) is 0 Å². The van der Waals surface area contributed by atoms with E-state index in [1.807, 2.05) is 0 Å². The van der Waals surface area contributed by atoms with E-state index in [-0.39, 0.29) is 51.6 Å². The predicted molar refractivity (Wildman–Crippen MR) is 25.9 cm³/mol. The Hall–Kier alpha value is 0.0325. The van der Waals surface area contributed by atoms with Gasteiger partial charge in [-0.1, -0.05) is 0 Å². The number of carbonyl (C=O) groups is 2. The summed E-state index contributed by atoms with van der Waals surface area (Å²) in [6.07, 6.45) is -4.67. The second kappa shape index (κ2) is 22.5. The molecule has 0 aliphatic carbocycles. The molecule has 56 valence electrons. The van der Waals surface area contributed by atoms with E-state index in [2.05, 4.69) is 0 Å². The largest absolute Gasteiger partial charge is 2.00 e. The van der Waals surface area contributed by atoms with Crippen LogP contribution in [0.3, 0.4) is 0 Å². The van der Waals surface area contributed by atoms with E-state index in [1.54, 1.807) is 0 Å². The topological polar surface area (TPSA) is 158 Å². The van der Waals surface area contributed by atoms with Gasteiger partial charge in [0.15, 0.2) is 0 Å². The van der Waals surface area contributed by atoms with Gasteiger partial charge < -0.3 is 35.5 Å². The molecule has 0 aromatic heterocycles. The summed E-state index contributed by atoms with van der Waals surface area (Å²) in [7, 11) is 0. The maximum absolute atomic E-state index is 8.33. The number of rotatable bonds is 0. The van der Waals surface area contributed by atoms with Crippen LogP contribution in [0.15, 0.2) is 0 Å². The van der Waals surface area contributed by atoms with E-state index in [1.165, 1.54) is 0 Å². The molecule has 9 heteroatoms. The van der Waals surface area contributed by atoms with Gasteiger partial charge in [-0.15, -0.1) is 0 Å². The summed E-state index contributed by atoms with van der Waals surface area (Å²) in [6, 6.07) is 0. The van der Waals surface area contributed by atoms with E-state index < -0.39 is 12.3 Å². The summed E-state index contributed by atoms with van der Waals surface area (Å²) < 4.78 is 0. The molecule has 0 aliphatic rings. The molecule has 0 unspecified atom stereocenters. The second-order valence-electron chi connectivity index (χ2n) is 0.500. The molecule has 0 aromatic rings. The summed E-state index contributed by atoms with van der Waals surface area (Å²) in [5, 5.41) is 33.3. The Bertz CT molecular complexity index is 72.4. The normalized spacial score (nSPS) is 4.36. The Morgan fingerprint density at radius 2 is 0.727 bits per heavy atom. The fourth-order valence-corrected chi connectivity index (χ4v) is 0. The zero-order chi connectivity index (χ0) is 7.15. The number of carbonyl (C=O) groups excluding carboxylic acids is 2. The molecule has 0 radical (unpaired) electrons. The van der Waals surface area contributed by atoms with Crippen molar-refractivity contribution in [3.8, 4) is 0 Å². The van der Waals surface area contributed by atoms with Crippen LogP contribution in [0.2, 0.25) is 0 Å². The molecule has 0 aromatic carbocycles. The SMILES string of the molecule is O.O=C([O-])[O-].O=C([O-])[O-].[Mg+2].[Mg+2]. The molecule has 0 rings (SSSR count). The third-order valence-electron chi connectivity index (χ3n) is 0. The molecule has 0 amide bonds. The van der Waals surface area contributed by atoms with Gasteiger partial charge in [-0.25, -0.2) is 0 Å². The number of carboxylic acid groups (broad SMARTS) is 4. The molecule has 0 saturated heterocycles. The summed E-state index contributed by atoms with van der Waals surface area (Å²) in [6.45, 7) is 0. The summed E-state index contributed by atoms with van der Waals surface area (Å²) >= 11 is 0. The van der Waals surface area contributed by atoms with Crippen LogP contribution in [0.5, 0.6) is 0 Å². The fourth-order valence-electron chi connectivity index (χ4n) is 0. The molecule has 0 atom stereocenters. The monoisotopic (exact) mass is 186 g/mol. The summed E-state index contributed by atoms with van der Waals surface area (Å²) in [5.74, 6) is 0. The van der Waals surface area contributed by atoms with E-state index in [0.29, 0.717) is 0 Å². The van der Waals surface area contributed by atoms with Crippen LogP contribution in [-0.2, 0) is 0 Å². The van der Waals surface area contributed by atoms with Crippen LogP contribution in [0.4, 0.5) is 9.59 Å². The third kappa shape index (κ3) is 614000.